The normalized spacial score (nSPS) is 17.2. The van der Waals surface area contributed by atoms with Gasteiger partial charge in [-0.3, -0.25) is 0 Å². The smallest absolute Gasteiger partial charge is 0.124 e. The molecule has 0 unspecified atom stereocenters. The number of rotatable bonds is 6. The Kier molecular flexibility index (Phi) is 6.91. The first-order chi connectivity index (χ1) is 10.2. The minimum Gasteiger partial charge on any atom is -0.313 e. The molecule has 0 heterocycles. The molecule has 0 spiro atoms. The molecule has 1 aliphatic carbocycles. The summed E-state index contributed by atoms with van der Waals surface area (Å²) in [4.78, 5) is 0. The topological polar surface area (TPSA) is 12.0 Å². The molecular weight excluding hydrogens is 329 g/mol. The van der Waals surface area contributed by atoms with E-state index in [2.05, 4.69) is 34.2 Å². The highest BCUT2D eigenvalue weighted by atomic mass is 79.9. The predicted molar refractivity (Wildman–Crippen MR) is 91.8 cm³/mol. The molecule has 1 aromatic rings. The maximum Gasteiger partial charge on any atom is 0.124 e. The molecule has 116 valence electrons. The van der Waals surface area contributed by atoms with Crippen LogP contribution in [0.5, 0.6) is 0 Å². The van der Waals surface area contributed by atoms with Gasteiger partial charge in [-0.1, -0.05) is 59.8 Å². The van der Waals surface area contributed by atoms with E-state index in [0.29, 0.717) is 5.92 Å². The Hall–Kier alpha value is -0.670. The van der Waals surface area contributed by atoms with E-state index >= 15 is 0 Å². The van der Waals surface area contributed by atoms with Crippen molar-refractivity contribution in [3.05, 3.63) is 39.6 Å². The number of hydrogen-bond donors (Lipinski definition) is 1. The Morgan fingerprint density at radius 1 is 1.33 bits per heavy atom. The Morgan fingerprint density at radius 3 is 2.76 bits per heavy atom. The molecule has 0 aromatic heterocycles. The zero-order chi connectivity index (χ0) is 15.1. The van der Waals surface area contributed by atoms with Gasteiger partial charge in [0.25, 0.3) is 0 Å². The van der Waals surface area contributed by atoms with Gasteiger partial charge in [0.1, 0.15) is 5.82 Å². The first-order valence-corrected chi connectivity index (χ1v) is 8.86. The SMILES string of the molecule is CCCNC/C(=C/c1ccc(F)cc1Br)C1CCCCC1. The van der Waals surface area contributed by atoms with Crippen molar-refractivity contribution in [2.45, 2.75) is 45.4 Å². The molecule has 0 atom stereocenters. The van der Waals surface area contributed by atoms with E-state index in [1.807, 2.05) is 6.07 Å². The second-order valence-corrected chi connectivity index (χ2v) is 6.75. The summed E-state index contributed by atoms with van der Waals surface area (Å²) in [6.07, 6.45) is 10.0. The number of nitrogens with one attached hydrogen (secondary N) is 1. The maximum absolute atomic E-state index is 13.2. The summed E-state index contributed by atoms with van der Waals surface area (Å²) in [5.74, 6) is 0.488. The second kappa shape index (κ2) is 8.70. The Balaban J connectivity index is 2.17. The molecule has 1 nitrogen and oxygen atoms in total. The molecule has 3 heteroatoms. The van der Waals surface area contributed by atoms with E-state index < -0.39 is 0 Å². The third kappa shape index (κ3) is 5.23. The Labute approximate surface area is 136 Å². The Bertz CT molecular complexity index is 478. The monoisotopic (exact) mass is 353 g/mol. The maximum atomic E-state index is 13.2. The van der Waals surface area contributed by atoms with Crippen LogP contribution in [-0.4, -0.2) is 13.1 Å². The lowest BCUT2D eigenvalue weighted by Gasteiger charge is -2.25. The summed E-state index contributed by atoms with van der Waals surface area (Å²) in [6, 6.07) is 4.94. The highest BCUT2D eigenvalue weighted by Crippen LogP contribution is 2.31. The largest absolute Gasteiger partial charge is 0.313 e. The van der Waals surface area contributed by atoms with E-state index in [9.17, 15) is 4.39 Å². The van der Waals surface area contributed by atoms with Crippen LogP contribution in [0.4, 0.5) is 4.39 Å². The van der Waals surface area contributed by atoms with Gasteiger partial charge < -0.3 is 5.32 Å². The lowest BCUT2D eigenvalue weighted by atomic mass is 9.83. The molecule has 21 heavy (non-hydrogen) atoms. The number of hydrogen-bond acceptors (Lipinski definition) is 1. The van der Waals surface area contributed by atoms with E-state index in [-0.39, 0.29) is 5.82 Å². The van der Waals surface area contributed by atoms with Crippen LogP contribution in [0.2, 0.25) is 0 Å². The summed E-state index contributed by atoms with van der Waals surface area (Å²) in [6.45, 7) is 4.19. The lowest BCUT2D eigenvalue weighted by molar-refractivity contribution is 0.396. The third-order valence-corrected chi connectivity index (χ3v) is 4.88. The van der Waals surface area contributed by atoms with Crippen molar-refractivity contribution in [3.8, 4) is 0 Å². The van der Waals surface area contributed by atoms with Crippen molar-refractivity contribution in [1.29, 1.82) is 0 Å². The fourth-order valence-electron chi connectivity index (χ4n) is 3.01. The van der Waals surface area contributed by atoms with Crippen LogP contribution in [0.15, 0.2) is 28.2 Å². The first-order valence-electron chi connectivity index (χ1n) is 8.07. The zero-order valence-corrected chi connectivity index (χ0v) is 14.4. The highest BCUT2D eigenvalue weighted by Gasteiger charge is 2.18. The van der Waals surface area contributed by atoms with Crippen LogP contribution in [0.1, 0.15) is 51.0 Å². The van der Waals surface area contributed by atoms with Gasteiger partial charge in [0, 0.05) is 11.0 Å². The molecule has 0 amide bonds. The van der Waals surface area contributed by atoms with E-state index in [1.165, 1.54) is 43.7 Å². The van der Waals surface area contributed by atoms with Gasteiger partial charge in [0.15, 0.2) is 0 Å². The fraction of sp³-hybridized carbons (Fsp3) is 0.556. The summed E-state index contributed by atoms with van der Waals surface area (Å²) in [7, 11) is 0. The van der Waals surface area contributed by atoms with Crippen molar-refractivity contribution in [3.63, 3.8) is 0 Å². The van der Waals surface area contributed by atoms with Gasteiger partial charge >= 0.3 is 0 Å². The second-order valence-electron chi connectivity index (χ2n) is 5.90. The minimum absolute atomic E-state index is 0.192. The van der Waals surface area contributed by atoms with Crippen molar-refractivity contribution >= 4 is 22.0 Å². The van der Waals surface area contributed by atoms with E-state index in [4.69, 9.17) is 0 Å². The van der Waals surface area contributed by atoms with Gasteiger partial charge in [-0.2, -0.15) is 0 Å². The van der Waals surface area contributed by atoms with E-state index in [1.54, 1.807) is 6.07 Å². The van der Waals surface area contributed by atoms with Crippen molar-refractivity contribution in [2.24, 2.45) is 5.92 Å². The van der Waals surface area contributed by atoms with Gasteiger partial charge in [-0.15, -0.1) is 0 Å². The molecule has 1 aliphatic rings. The predicted octanol–water partition coefficient (Wildman–Crippen LogP) is 5.55. The van der Waals surface area contributed by atoms with Crippen molar-refractivity contribution < 1.29 is 4.39 Å². The average molecular weight is 354 g/mol. The highest BCUT2D eigenvalue weighted by molar-refractivity contribution is 9.10. The summed E-state index contributed by atoms with van der Waals surface area (Å²) < 4.78 is 14.1. The molecule has 1 aromatic carbocycles. The van der Waals surface area contributed by atoms with Crippen LogP contribution in [0.3, 0.4) is 0 Å². The summed E-state index contributed by atoms with van der Waals surface area (Å²) in [5, 5.41) is 3.53. The van der Waals surface area contributed by atoms with E-state index in [0.717, 1.165) is 29.5 Å². The van der Waals surface area contributed by atoms with Gasteiger partial charge in [-0.25, -0.2) is 4.39 Å². The molecular formula is C18H25BrFN. The van der Waals surface area contributed by atoms with Gasteiger partial charge in [-0.05, 0) is 49.4 Å². The van der Waals surface area contributed by atoms with Gasteiger partial charge in [0.05, 0.1) is 0 Å². The molecule has 1 N–H and O–H groups in total. The molecule has 1 fully saturated rings. The van der Waals surface area contributed by atoms with Crippen LogP contribution in [0, 0.1) is 11.7 Å². The van der Waals surface area contributed by atoms with Crippen LogP contribution >= 0.6 is 15.9 Å². The molecule has 0 radical (unpaired) electrons. The molecule has 2 rings (SSSR count). The molecule has 1 saturated carbocycles. The van der Waals surface area contributed by atoms with Crippen LogP contribution in [-0.2, 0) is 0 Å². The van der Waals surface area contributed by atoms with Gasteiger partial charge in [0.2, 0.25) is 0 Å². The molecule has 0 aliphatic heterocycles. The zero-order valence-electron chi connectivity index (χ0n) is 12.8. The molecule has 0 bridgehead atoms. The number of benzene rings is 1. The fourth-order valence-corrected chi connectivity index (χ4v) is 3.48. The summed E-state index contributed by atoms with van der Waals surface area (Å²) in [5.41, 5.74) is 2.55. The third-order valence-electron chi connectivity index (χ3n) is 4.19. The number of halogens is 2. The standard InChI is InChI=1S/C18H25BrFN/c1-2-10-21-13-16(14-6-4-3-5-7-14)11-15-8-9-17(20)12-18(15)19/h8-9,11-12,14,21H,2-7,10,13H2,1H3/b16-11-. The summed E-state index contributed by atoms with van der Waals surface area (Å²) >= 11 is 3.48. The molecule has 0 saturated heterocycles. The average Bonchev–Trinajstić information content (AvgIpc) is 2.49. The lowest BCUT2D eigenvalue weighted by Crippen LogP contribution is -2.23. The van der Waals surface area contributed by atoms with Crippen LogP contribution < -0.4 is 5.32 Å². The minimum atomic E-state index is -0.192. The quantitative estimate of drug-likeness (QED) is 0.661. The first kappa shape index (κ1) is 16.7. The van der Waals surface area contributed by atoms with Crippen LogP contribution in [0.25, 0.3) is 6.08 Å². The Morgan fingerprint density at radius 2 is 2.10 bits per heavy atom. The van der Waals surface area contributed by atoms with Crippen molar-refractivity contribution in [1.82, 2.24) is 5.32 Å². The van der Waals surface area contributed by atoms with Crippen molar-refractivity contribution in [2.75, 3.05) is 13.1 Å².